The van der Waals surface area contributed by atoms with E-state index in [1.807, 2.05) is 42.6 Å². The lowest BCUT2D eigenvalue weighted by atomic mass is 10.1. The van der Waals surface area contributed by atoms with Crippen molar-refractivity contribution in [3.63, 3.8) is 0 Å². The number of sulfone groups is 2. The lowest BCUT2D eigenvalue weighted by Crippen LogP contribution is -2.44. The molecule has 0 radical (unpaired) electrons. The molecule has 328 valence electrons. The first kappa shape index (κ1) is 48.2. The summed E-state index contributed by atoms with van der Waals surface area (Å²) in [4.78, 5) is 39.0. The highest BCUT2D eigenvalue weighted by Gasteiger charge is 2.45. The van der Waals surface area contributed by atoms with E-state index in [4.69, 9.17) is 0 Å². The van der Waals surface area contributed by atoms with Crippen LogP contribution in [0.1, 0.15) is 56.6 Å². The number of alkyl halides is 9. The predicted octanol–water partition coefficient (Wildman–Crippen LogP) is 8.68. The topological polar surface area (TPSA) is 178 Å². The van der Waals surface area contributed by atoms with Crippen molar-refractivity contribution in [2.75, 3.05) is 10.6 Å². The molecule has 0 aliphatic rings. The van der Waals surface area contributed by atoms with E-state index in [-0.39, 0.29) is 5.13 Å². The van der Waals surface area contributed by atoms with Crippen LogP contribution in [0.3, 0.4) is 0 Å². The molecule has 0 saturated carbocycles. The molecule has 4 aromatic heterocycles. The average Bonchev–Trinajstić information content (AvgIpc) is 3.60. The van der Waals surface area contributed by atoms with E-state index >= 15 is 0 Å². The fourth-order valence-corrected chi connectivity index (χ4v) is 8.45. The molecular formula is C37H33F9N6O6S3. The van der Waals surface area contributed by atoms with Gasteiger partial charge in [-0.15, -0.1) is 11.3 Å². The summed E-state index contributed by atoms with van der Waals surface area (Å²) in [5, 5.41) is 4.76. The maximum atomic E-state index is 13.0. The van der Waals surface area contributed by atoms with Crippen molar-refractivity contribution in [3.8, 4) is 11.3 Å². The number of nitrogens with zero attached hydrogens (tertiary/aromatic N) is 4. The van der Waals surface area contributed by atoms with Crippen LogP contribution in [-0.2, 0) is 54.2 Å². The van der Waals surface area contributed by atoms with Crippen molar-refractivity contribution in [2.45, 2.75) is 78.9 Å². The zero-order chi connectivity index (χ0) is 46.0. The summed E-state index contributed by atoms with van der Waals surface area (Å²) in [7, 11) is -8.90. The molecule has 2 amide bonds. The molecule has 1 aromatic carbocycles. The lowest BCUT2D eigenvalue weighted by molar-refractivity contribution is -0.142. The third-order valence-electron chi connectivity index (χ3n) is 8.68. The van der Waals surface area contributed by atoms with Gasteiger partial charge in [-0.25, -0.2) is 26.8 Å². The van der Waals surface area contributed by atoms with Crippen LogP contribution in [0.25, 0.3) is 11.3 Å². The fourth-order valence-electron chi connectivity index (χ4n) is 4.89. The van der Waals surface area contributed by atoms with Crippen molar-refractivity contribution < 1.29 is 65.9 Å². The molecule has 0 spiro atoms. The number of hydrogen-bond acceptors (Lipinski definition) is 11. The van der Waals surface area contributed by atoms with Gasteiger partial charge in [0.05, 0.1) is 15.5 Å². The Balaban J connectivity index is 0.000000270. The molecule has 61 heavy (non-hydrogen) atoms. The number of pyridine rings is 3. The Hall–Kier alpha value is -5.49. The van der Waals surface area contributed by atoms with Gasteiger partial charge in [-0.1, -0.05) is 43.3 Å². The second kappa shape index (κ2) is 17.5. The van der Waals surface area contributed by atoms with Crippen molar-refractivity contribution in [3.05, 3.63) is 107 Å². The second-order valence-electron chi connectivity index (χ2n) is 13.6. The highest BCUT2D eigenvalue weighted by Crippen LogP contribution is 2.35. The van der Waals surface area contributed by atoms with Crippen LogP contribution in [0.15, 0.2) is 95.0 Å². The van der Waals surface area contributed by atoms with Crippen LogP contribution in [-0.4, -0.2) is 58.1 Å². The summed E-state index contributed by atoms with van der Waals surface area (Å²) in [6, 6.07) is 14.4. The predicted molar refractivity (Wildman–Crippen MR) is 204 cm³/mol. The molecule has 24 heteroatoms. The Morgan fingerprint density at radius 1 is 0.590 bits per heavy atom. The summed E-state index contributed by atoms with van der Waals surface area (Å²) in [5.74, 6) is -2.63. The SMILES string of the molecule is CC(C)(C(=O)Nc1cccc(C(F)(F)F)n1)S(=O)(=O)c1ccc(C(F)(F)F)nc1.CCc1sc(NC(=O)C(C)(C)S(=O)(=O)c2ccc(C(F)(F)F)nc2)nc1-c1ccccc1. The number of nitrogens with one attached hydrogen (secondary N) is 2. The molecule has 12 nitrogen and oxygen atoms in total. The maximum Gasteiger partial charge on any atom is 0.433 e. The van der Waals surface area contributed by atoms with Crippen LogP contribution in [0.5, 0.6) is 0 Å². The highest BCUT2D eigenvalue weighted by molar-refractivity contribution is 7.94. The Morgan fingerprint density at radius 2 is 1.05 bits per heavy atom. The maximum absolute atomic E-state index is 13.0. The molecule has 2 N–H and O–H groups in total. The minimum Gasteiger partial charge on any atom is -0.309 e. The number of thiazole rings is 1. The summed E-state index contributed by atoms with van der Waals surface area (Å²) in [5.41, 5.74) is -2.29. The molecule has 0 fully saturated rings. The average molecular weight is 925 g/mol. The van der Waals surface area contributed by atoms with Crippen LogP contribution in [0, 0.1) is 0 Å². The minimum atomic E-state index is -4.79. The van der Waals surface area contributed by atoms with Gasteiger partial charge in [-0.2, -0.15) is 39.5 Å². The summed E-state index contributed by atoms with van der Waals surface area (Å²) in [6.45, 7) is 6.20. The van der Waals surface area contributed by atoms with Crippen molar-refractivity contribution >= 4 is 53.8 Å². The minimum absolute atomic E-state index is 0.236. The van der Waals surface area contributed by atoms with Crippen molar-refractivity contribution in [1.29, 1.82) is 0 Å². The van der Waals surface area contributed by atoms with Gasteiger partial charge in [0.15, 0.2) is 24.8 Å². The van der Waals surface area contributed by atoms with Gasteiger partial charge < -0.3 is 10.6 Å². The van der Waals surface area contributed by atoms with Crippen molar-refractivity contribution in [1.82, 2.24) is 19.9 Å². The van der Waals surface area contributed by atoms with Gasteiger partial charge in [0.25, 0.3) is 0 Å². The summed E-state index contributed by atoms with van der Waals surface area (Å²) in [6.07, 6.45) is -12.5. The Bertz CT molecular complexity index is 2600. The summed E-state index contributed by atoms with van der Waals surface area (Å²) < 4.78 is 161. The second-order valence-corrected chi connectivity index (χ2v) is 19.7. The number of anilines is 2. The summed E-state index contributed by atoms with van der Waals surface area (Å²) >= 11 is 1.23. The Kier molecular flexibility index (Phi) is 13.8. The van der Waals surface area contributed by atoms with Gasteiger partial charge >= 0.3 is 18.5 Å². The van der Waals surface area contributed by atoms with Gasteiger partial charge in [0.1, 0.15) is 32.4 Å². The number of carbonyl (C=O) groups excluding carboxylic acids is 2. The zero-order valence-corrected chi connectivity index (χ0v) is 34.6. The normalized spacial score (nSPS) is 12.9. The standard InChI is InChI=1S/C21H20F3N3O3S2.C16H13F6N3O3S/c1-4-15-17(13-8-6-5-7-9-13)26-19(31-15)27-18(28)20(2,3)32(29,30)14-10-11-16(25-12-14)21(22,23)24;1-14(2,13(26)25-12-5-3-4-11(24-12)16(20,21)22)29(27,28)9-6-7-10(23-8-9)15(17,18)19/h5-12H,4H2,1-3H3,(H,26,27,28);3-8H,1-2H3,(H,24,25,26). The molecule has 5 aromatic rings. The van der Waals surface area contributed by atoms with Gasteiger partial charge in [0.2, 0.25) is 11.8 Å². The van der Waals surface area contributed by atoms with E-state index in [1.54, 1.807) is 0 Å². The first-order valence-electron chi connectivity index (χ1n) is 17.2. The zero-order valence-electron chi connectivity index (χ0n) is 32.2. The van der Waals surface area contributed by atoms with Crippen LogP contribution in [0.2, 0.25) is 0 Å². The van der Waals surface area contributed by atoms with Crippen LogP contribution in [0.4, 0.5) is 50.5 Å². The third kappa shape index (κ3) is 10.7. The quantitative estimate of drug-likeness (QED) is 0.129. The molecule has 5 rings (SSSR count). The van der Waals surface area contributed by atoms with Gasteiger partial charge in [-0.05, 0) is 70.5 Å². The number of halogens is 9. The van der Waals surface area contributed by atoms with E-state index < -0.39 is 92.2 Å². The first-order valence-corrected chi connectivity index (χ1v) is 21.0. The number of aromatic nitrogens is 4. The smallest absolute Gasteiger partial charge is 0.309 e. The highest BCUT2D eigenvalue weighted by atomic mass is 32.2. The van der Waals surface area contributed by atoms with E-state index in [0.29, 0.717) is 48.8 Å². The fraction of sp³-hybridized carbons (Fsp3) is 0.297. The Labute approximate surface area is 346 Å². The first-order chi connectivity index (χ1) is 27.9. The van der Waals surface area contributed by atoms with E-state index in [9.17, 15) is 65.9 Å². The molecule has 0 saturated heterocycles. The number of hydrogen-bond donors (Lipinski definition) is 2. The van der Waals surface area contributed by atoms with Gasteiger partial charge in [-0.3, -0.25) is 19.6 Å². The number of benzene rings is 1. The molecule has 0 aliphatic heterocycles. The Morgan fingerprint density at radius 3 is 1.46 bits per heavy atom. The van der Waals surface area contributed by atoms with E-state index in [2.05, 4.69) is 25.3 Å². The number of aryl methyl sites for hydroxylation is 1. The van der Waals surface area contributed by atoms with Crippen LogP contribution >= 0.6 is 11.3 Å². The van der Waals surface area contributed by atoms with E-state index in [1.165, 1.54) is 25.2 Å². The molecule has 0 unspecified atom stereocenters. The largest absolute Gasteiger partial charge is 0.433 e. The number of amides is 2. The number of carbonyl (C=O) groups is 2. The van der Waals surface area contributed by atoms with E-state index in [0.717, 1.165) is 42.5 Å². The molecule has 0 atom stereocenters. The third-order valence-corrected chi connectivity index (χ3v) is 14.6. The monoisotopic (exact) mass is 924 g/mol. The van der Waals surface area contributed by atoms with Gasteiger partial charge in [0, 0.05) is 22.8 Å². The number of rotatable bonds is 10. The molecule has 0 bridgehead atoms. The molecular weight excluding hydrogens is 892 g/mol. The molecule has 0 aliphatic carbocycles. The van der Waals surface area contributed by atoms with Crippen LogP contribution < -0.4 is 10.6 Å². The molecule has 4 heterocycles. The van der Waals surface area contributed by atoms with Crippen molar-refractivity contribution in [2.24, 2.45) is 0 Å². The lowest BCUT2D eigenvalue weighted by Gasteiger charge is -2.23.